The van der Waals surface area contributed by atoms with Gasteiger partial charge in [0.25, 0.3) is 5.91 Å². The molecule has 0 spiro atoms. The van der Waals surface area contributed by atoms with Gasteiger partial charge in [0.05, 0.1) is 0 Å². The number of aliphatic carboxylic acids is 1. The van der Waals surface area contributed by atoms with Crippen molar-refractivity contribution in [2.75, 3.05) is 5.32 Å². The Morgan fingerprint density at radius 3 is 2.56 bits per heavy atom. The Morgan fingerprint density at radius 2 is 2.00 bits per heavy atom. The van der Waals surface area contributed by atoms with Crippen LogP contribution in [0.4, 0.5) is 5.82 Å². The fraction of sp³-hybridized carbons (Fsp3) is 0.455. The van der Waals surface area contributed by atoms with E-state index in [1.54, 1.807) is 0 Å². The van der Waals surface area contributed by atoms with Crippen LogP contribution in [0.5, 0.6) is 0 Å². The summed E-state index contributed by atoms with van der Waals surface area (Å²) in [7, 11) is 0. The number of carboxylic acids is 1. The highest BCUT2D eigenvalue weighted by Crippen LogP contribution is 2.19. The SMILES string of the molecule is CC(C)(CCC(=O)O)Nc1nccnc1C(N)=O. The first-order valence-electron chi connectivity index (χ1n) is 5.42. The maximum atomic E-state index is 11.2. The molecule has 0 saturated heterocycles. The maximum Gasteiger partial charge on any atom is 0.303 e. The molecule has 0 aliphatic carbocycles. The molecule has 0 aromatic carbocycles. The van der Waals surface area contributed by atoms with Crippen LogP contribution < -0.4 is 11.1 Å². The zero-order valence-corrected chi connectivity index (χ0v) is 10.3. The number of carbonyl (C=O) groups is 2. The minimum atomic E-state index is -0.876. The largest absolute Gasteiger partial charge is 0.481 e. The predicted molar refractivity (Wildman–Crippen MR) is 65.1 cm³/mol. The van der Waals surface area contributed by atoms with Crippen molar-refractivity contribution in [1.29, 1.82) is 0 Å². The second kappa shape index (κ2) is 5.44. The first-order chi connectivity index (χ1) is 8.32. The summed E-state index contributed by atoms with van der Waals surface area (Å²) in [5, 5.41) is 11.6. The molecule has 0 radical (unpaired) electrons. The van der Waals surface area contributed by atoms with E-state index in [4.69, 9.17) is 10.8 Å². The average molecular weight is 252 g/mol. The number of hydrogen-bond acceptors (Lipinski definition) is 5. The van der Waals surface area contributed by atoms with Crippen molar-refractivity contribution in [3.8, 4) is 0 Å². The lowest BCUT2D eigenvalue weighted by Gasteiger charge is -2.26. The van der Waals surface area contributed by atoms with Crippen LogP contribution in [0.2, 0.25) is 0 Å². The van der Waals surface area contributed by atoms with Crippen LogP contribution in [0.25, 0.3) is 0 Å². The first kappa shape index (κ1) is 13.9. The first-order valence-corrected chi connectivity index (χ1v) is 5.42. The van der Waals surface area contributed by atoms with Gasteiger partial charge in [-0.3, -0.25) is 9.59 Å². The fourth-order valence-electron chi connectivity index (χ4n) is 1.41. The van der Waals surface area contributed by atoms with Gasteiger partial charge in [-0.2, -0.15) is 0 Å². The predicted octanol–water partition coefficient (Wildman–Crippen LogP) is 0.631. The van der Waals surface area contributed by atoms with E-state index in [9.17, 15) is 9.59 Å². The molecule has 0 saturated carbocycles. The van der Waals surface area contributed by atoms with Crippen LogP contribution in [-0.4, -0.2) is 32.5 Å². The highest BCUT2D eigenvalue weighted by atomic mass is 16.4. The van der Waals surface area contributed by atoms with Crippen LogP contribution in [0.15, 0.2) is 12.4 Å². The number of hydrogen-bond donors (Lipinski definition) is 3. The van der Waals surface area contributed by atoms with Gasteiger partial charge >= 0.3 is 5.97 Å². The minimum absolute atomic E-state index is 0.0200. The zero-order valence-electron chi connectivity index (χ0n) is 10.3. The minimum Gasteiger partial charge on any atom is -0.481 e. The van der Waals surface area contributed by atoms with E-state index < -0.39 is 17.4 Å². The molecule has 1 rings (SSSR count). The summed E-state index contributed by atoms with van der Waals surface area (Å²) >= 11 is 0. The Bertz CT molecular complexity index is 459. The molecule has 0 unspecified atom stereocenters. The van der Waals surface area contributed by atoms with Crippen molar-refractivity contribution in [2.24, 2.45) is 5.73 Å². The Kier molecular flexibility index (Phi) is 4.19. The number of primary amides is 1. The summed E-state index contributed by atoms with van der Waals surface area (Å²) in [5.74, 6) is -1.29. The van der Waals surface area contributed by atoms with Crippen molar-refractivity contribution in [3.05, 3.63) is 18.1 Å². The van der Waals surface area contributed by atoms with Crippen LogP contribution in [0.3, 0.4) is 0 Å². The standard InChI is InChI=1S/C11H16N4O3/c1-11(2,4-3-7(16)17)15-10-8(9(12)18)13-5-6-14-10/h5-6H,3-4H2,1-2H3,(H2,12,18)(H,14,15)(H,16,17). The highest BCUT2D eigenvalue weighted by molar-refractivity contribution is 5.95. The summed E-state index contributed by atoms with van der Waals surface area (Å²) in [6.07, 6.45) is 3.21. The molecule has 0 fully saturated rings. The normalized spacial score (nSPS) is 11.0. The molecule has 4 N–H and O–H groups in total. The van der Waals surface area contributed by atoms with Crippen LogP contribution in [0.1, 0.15) is 37.2 Å². The van der Waals surface area contributed by atoms with E-state index in [0.717, 1.165) is 0 Å². The molecule has 7 nitrogen and oxygen atoms in total. The lowest BCUT2D eigenvalue weighted by molar-refractivity contribution is -0.137. The third kappa shape index (κ3) is 4.00. The zero-order chi connectivity index (χ0) is 13.8. The van der Waals surface area contributed by atoms with Crippen LogP contribution >= 0.6 is 0 Å². The van der Waals surface area contributed by atoms with Gasteiger partial charge in [0, 0.05) is 24.4 Å². The van der Waals surface area contributed by atoms with Gasteiger partial charge in [-0.15, -0.1) is 0 Å². The number of carboxylic acid groups (broad SMARTS) is 1. The Hall–Kier alpha value is -2.18. The molecule has 1 aromatic heterocycles. The highest BCUT2D eigenvalue weighted by Gasteiger charge is 2.22. The van der Waals surface area contributed by atoms with Crippen molar-refractivity contribution >= 4 is 17.7 Å². The van der Waals surface area contributed by atoms with Crippen molar-refractivity contribution in [1.82, 2.24) is 9.97 Å². The van der Waals surface area contributed by atoms with E-state index in [0.29, 0.717) is 6.42 Å². The molecular weight excluding hydrogens is 236 g/mol. The second-order valence-electron chi connectivity index (χ2n) is 4.52. The van der Waals surface area contributed by atoms with Gasteiger partial charge in [0.1, 0.15) is 0 Å². The van der Waals surface area contributed by atoms with E-state index >= 15 is 0 Å². The van der Waals surface area contributed by atoms with Crippen molar-refractivity contribution in [3.63, 3.8) is 0 Å². The molecule has 1 aromatic rings. The second-order valence-corrected chi connectivity index (χ2v) is 4.52. The quantitative estimate of drug-likeness (QED) is 0.683. The molecule has 1 heterocycles. The number of carbonyl (C=O) groups excluding carboxylic acids is 1. The molecule has 0 atom stereocenters. The molecule has 7 heteroatoms. The number of nitrogens with two attached hydrogens (primary N) is 1. The topological polar surface area (TPSA) is 118 Å². The van der Waals surface area contributed by atoms with Gasteiger partial charge < -0.3 is 16.2 Å². The van der Waals surface area contributed by atoms with E-state index in [-0.39, 0.29) is 17.9 Å². The van der Waals surface area contributed by atoms with E-state index in [2.05, 4.69) is 15.3 Å². The van der Waals surface area contributed by atoms with Crippen molar-refractivity contribution < 1.29 is 14.7 Å². The molecule has 0 bridgehead atoms. The third-order valence-electron chi connectivity index (χ3n) is 2.35. The third-order valence-corrected chi connectivity index (χ3v) is 2.35. The Balaban J connectivity index is 2.83. The number of nitrogens with one attached hydrogen (secondary N) is 1. The van der Waals surface area contributed by atoms with E-state index in [1.165, 1.54) is 12.4 Å². The maximum absolute atomic E-state index is 11.2. The summed E-state index contributed by atoms with van der Waals surface area (Å²) < 4.78 is 0. The van der Waals surface area contributed by atoms with Gasteiger partial charge in [-0.25, -0.2) is 9.97 Å². The van der Waals surface area contributed by atoms with Gasteiger partial charge in [0.15, 0.2) is 11.5 Å². The van der Waals surface area contributed by atoms with Gasteiger partial charge in [-0.1, -0.05) is 0 Å². The Morgan fingerprint density at radius 1 is 1.39 bits per heavy atom. The number of amides is 1. The molecule has 18 heavy (non-hydrogen) atoms. The molecule has 1 amide bonds. The van der Waals surface area contributed by atoms with E-state index in [1.807, 2.05) is 13.8 Å². The lowest BCUT2D eigenvalue weighted by Crippen LogP contribution is -2.33. The lowest BCUT2D eigenvalue weighted by atomic mass is 9.98. The smallest absolute Gasteiger partial charge is 0.303 e. The number of aromatic nitrogens is 2. The average Bonchev–Trinajstić information content (AvgIpc) is 2.26. The van der Waals surface area contributed by atoms with Crippen LogP contribution in [-0.2, 0) is 4.79 Å². The number of rotatable bonds is 6. The molecule has 0 aliphatic heterocycles. The Labute approximate surface area is 104 Å². The monoisotopic (exact) mass is 252 g/mol. The fourth-order valence-corrected chi connectivity index (χ4v) is 1.41. The number of nitrogens with zero attached hydrogens (tertiary/aromatic N) is 2. The molecule has 98 valence electrons. The summed E-state index contributed by atoms with van der Waals surface area (Å²) in [5.41, 5.74) is 4.69. The number of anilines is 1. The van der Waals surface area contributed by atoms with Gasteiger partial charge in [-0.05, 0) is 20.3 Å². The summed E-state index contributed by atoms with van der Waals surface area (Å²) in [4.78, 5) is 29.5. The van der Waals surface area contributed by atoms with Crippen molar-refractivity contribution in [2.45, 2.75) is 32.2 Å². The summed E-state index contributed by atoms with van der Waals surface area (Å²) in [6, 6.07) is 0. The van der Waals surface area contributed by atoms with Crippen LogP contribution in [0, 0.1) is 0 Å². The van der Waals surface area contributed by atoms with Gasteiger partial charge in [0.2, 0.25) is 0 Å². The summed E-state index contributed by atoms with van der Waals surface area (Å²) in [6.45, 7) is 3.63. The molecular formula is C11H16N4O3. The molecule has 0 aliphatic rings.